The monoisotopic (exact) mass is 334 g/mol. The molecular formula is C16H19BrN2O. The summed E-state index contributed by atoms with van der Waals surface area (Å²) in [5.74, 6) is 1.56. The molecule has 106 valence electrons. The molecule has 0 fully saturated rings. The maximum absolute atomic E-state index is 5.85. The molecule has 0 bridgehead atoms. The molecule has 20 heavy (non-hydrogen) atoms. The highest BCUT2D eigenvalue weighted by Gasteiger charge is 2.08. The molecule has 0 saturated heterocycles. The van der Waals surface area contributed by atoms with Crippen LogP contribution in [0.25, 0.3) is 0 Å². The van der Waals surface area contributed by atoms with E-state index in [4.69, 9.17) is 4.74 Å². The van der Waals surface area contributed by atoms with Crippen molar-refractivity contribution in [1.82, 2.24) is 10.3 Å². The summed E-state index contributed by atoms with van der Waals surface area (Å²) < 4.78 is 6.76. The number of benzene rings is 1. The van der Waals surface area contributed by atoms with Crippen LogP contribution >= 0.6 is 15.9 Å². The van der Waals surface area contributed by atoms with Crippen LogP contribution in [0.2, 0.25) is 0 Å². The number of rotatable bonds is 6. The topological polar surface area (TPSA) is 34.1 Å². The number of ether oxygens (including phenoxy) is 1. The van der Waals surface area contributed by atoms with E-state index in [-0.39, 0.29) is 0 Å². The Hall–Kier alpha value is -1.39. The Labute approximate surface area is 128 Å². The van der Waals surface area contributed by atoms with Crippen molar-refractivity contribution in [3.8, 4) is 11.5 Å². The van der Waals surface area contributed by atoms with Crippen molar-refractivity contribution in [3.05, 3.63) is 52.8 Å². The average molecular weight is 335 g/mol. The zero-order valence-electron chi connectivity index (χ0n) is 11.8. The first-order valence-corrected chi connectivity index (χ1v) is 7.64. The molecule has 1 aromatic heterocycles. The van der Waals surface area contributed by atoms with Gasteiger partial charge in [0.05, 0.1) is 6.20 Å². The highest BCUT2D eigenvalue weighted by molar-refractivity contribution is 9.10. The summed E-state index contributed by atoms with van der Waals surface area (Å²) in [7, 11) is 0. The van der Waals surface area contributed by atoms with Crippen LogP contribution < -0.4 is 10.1 Å². The molecule has 0 aliphatic heterocycles. The van der Waals surface area contributed by atoms with Crippen LogP contribution in [0, 0.1) is 0 Å². The third kappa shape index (κ3) is 4.05. The Bertz CT molecular complexity index is 560. The van der Waals surface area contributed by atoms with Crippen LogP contribution in [0.4, 0.5) is 0 Å². The van der Waals surface area contributed by atoms with Crippen LogP contribution in [-0.2, 0) is 0 Å². The quantitative estimate of drug-likeness (QED) is 0.831. The van der Waals surface area contributed by atoms with Gasteiger partial charge in [0.15, 0.2) is 0 Å². The van der Waals surface area contributed by atoms with Crippen molar-refractivity contribution < 1.29 is 4.74 Å². The van der Waals surface area contributed by atoms with Gasteiger partial charge in [-0.15, -0.1) is 0 Å². The molecule has 2 rings (SSSR count). The number of hydrogen-bond acceptors (Lipinski definition) is 3. The Kier molecular flexibility index (Phi) is 5.56. The highest BCUT2D eigenvalue weighted by atomic mass is 79.9. The molecule has 0 aliphatic rings. The molecule has 2 aromatic rings. The maximum Gasteiger partial charge on any atom is 0.146 e. The summed E-state index contributed by atoms with van der Waals surface area (Å²) >= 11 is 3.39. The normalized spacial score (nSPS) is 12.2. The molecule has 1 aromatic carbocycles. The van der Waals surface area contributed by atoms with E-state index in [1.54, 1.807) is 12.4 Å². The molecule has 0 radical (unpaired) electrons. The van der Waals surface area contributed by atoms with Gasteiger partial charge in [-0.2, -0.15) is 0 Å². The summed E-state index contributed by atoms with van der Waals surface area (Å²) in [6, 6.07) is 10.5. The summed E-state index contributed by atoms with van der Waals surface area (Å²) in [6.07, 6.45) is 4.50. The Morgan fingerprint density at radius 3 is 2.75 bits per heavy atom. The van der Waals surface area contributed by atoms with Crippen LogP contribution in [0.15, 0.2) is 47.2 Å². The molecule has 3 nitrogen and oxygen atoms in total. The van der Waals surface area contributed by atoms with E-state index in [2.05, 4.69) is 52.2 Å². The van der Waals surface area contributed by atoms with Crippen LogP contribution in [-0.4, -0.2) is 11.5 Å². The molecule has 4 heteroatoms. The lowest BCUT2D eigenvalue weighted by Crippen LogP contribution is -2.19. The van der Waals surface area contributed by atoms with Crippen LogP contribution in [0.5, 0.6) is 11.5 Å². The van der Waals surface area contributed by atoms with Gasteiger partial charge >= 0.3 is 0 Å². The molecule has 1 unspecified atom stereocenters. The standard InChI is InChI=1S/C16H19BrN2O/c1-3-16(19-4-2)12-6-5-7-14(8-12)20-15-9-13(17)10-18-11-15/h5-11,16,19H,3-4H2,1-2H3. The van der Waals surface area contributed by atoms with E-state index in [0.29, 0.717) is 6.04 Å². The van der Waals surface area contributed by atoms with Gasteiger partial charge in [-0.25, -0.2) is 0 Å². The van der Waals surface area contributed by atoms with E-state index in [0.717, 1.165) is 28.9 Å². The fraction of sp³-hybridized carbons (Fsp3) is 0.312. The van der Waals surface area contributed by atoms with E-state index in [1.807, 2.05) is 18.2 Å². The summed E-state index contributed by atoms with van der Waals surface area (Å²) in [6.45, 7) is 5.26. The number of pyridine rings is 1. The van der Waals surface area contributed by atoms with Crippen molar-refractivity contribution in [1.29, 1.82) is 0 Å². The summed E-state index contributed by atoms with van der Waals surface area (Å²) in [5.41, 5.74) is 1.25. The second-order valence-corrected chi connectivity index (χ2v) is 5.45. The Balaban J connectivity index is 2.17. The predicted molar refractivity (Wildman–Crippen MR) is 85.2 cm³/mol. The van der Waals surface area contributed by atoms with Gasteiger partial charge in [0.1, 0.15) is 11.5 Å². The van der Waals surface area contributed by atoms with Crippen molar-refractivity contribution in [2.45, 2.75) is 26.3 Å². The van der Waals surface area contributed by atoms with Crippen LogP contribution in [0.3, 0.4) is 0 Å². The SMILES string of the molecule is CCNC(CC)c1cccc(Oc2cncc(Br)c2)c1. The predicted octanol–water partition coefficient (Wildman–Crippen LogP) is 4.70. The molecule has 1 atom stereocenters. The molecular weight excluding hydrogens is 316 g/mol. The number of halogens is 1. The molecule has 0 saturated carbocycles. The molecule has 0 spiro atoms. The fourth-order valence-corrected chi connectivity index (χ4v) is 2.47. The van der Waals surface area contributed by atoms with Gasteiger partial charge < -0.3 is 10.1 Å². The smallest absolute Gasteiger partial charge is 0.146 e. The van der Waals surface area contributed by atoms with Crippen molar-refractivity contribution in [2.24, 2.45) is 0 Å². The zero-order chi connectivity index (χ0) is 14.4. The third-order valence-electron chi connectivity index (χ3n) is 3.03. The van der Waals surface area contributed by atoms with Crippen molar-refractivity contribution >= 4 is 15.9 Å². The van der Waals surface area contributed by atoms with Gasteiger partial charge in [0, 0.05) is 16.7 Å². The van der Waals surface area contributed by atoms with Gasteiger partial charge in [-0.3, -0.25) is 4.98 Å². The van der Waals surface area contributed by atoms with Crippen molar-refractivity contribution in [3.63, 3.8) is 0 Å². The largest absolute Gasteiger partial charge is 0.456 e. The van der Waals surface area contributed by atoms with Gasteiger partial charge in [0.25, 0.3) is 0 Å². The average Bonchev–Trinajstić information content (AvgIpc) is 2.45. The van der Waals surface area contributed by atoms with E-state index >= 15 is 0 Å². The lowest BCUT2D eigenvalue weighted by Gasteiger charge is -2.17. The first kappa shape index (κ1) is 15.0. The minimum Gasteiger partial charge on any atom is -0.456 e. The Morgan fingerprint density at radius 2 is 2.05 bits per heavy atom. The van der Waals surface area contributed by atoms with Crippen LogP contribution in [0.1, 0.15) is 31.9 Å². The highest BCUT2D eigenvalue weighted by Crippen LogP contribution is 2.26. The van der Waals surface area contributed by atoms with E-state index in [9.17, 15) is 0 Å². The number of aromatic nitrogens is 1. The number of hydrogen-bond donors (Lipinski definition) is 1. The molecule has 1 heterocycles. The van der Waals surface area contributed by atoms with Gasteiger partial charge in [0.2, 0.25) is 0 Å². The van der Waals surface area contributed by atoms with E-state index in [1.165, 1.54) is 5.56 Å². The zero-order valence-corrected chi connectivity index (χ0v) is 13.4. The van der Waals surface area contributed by atoms with Gasteiger partial charge in [-0.1, -0.05) is 26.0 Å². The van der Waals surface area contributed by atoms with E-state index < -0.39 is 0 Å². The Morgan fingerprint density at radius 1 is 1.20 bits per heavy atom. The van der Waals surface area contributed by atoms with Crippen molar-refractivity contribution in [2.75, 3.05) is 6.54 Å². The minimum atomic E-state index is 0.365. The molecule has 1 N–H and O–H groups in total. The number of nitrogens with zero attached hydrogens (tertiary/aromatic N) is 1. The second kappa shape index (κ2) is 7.41. The fourth-order valence-electron chi connectivity index (χ4n) is 2.12. The van der Waals surface area contributed by atoms with Gasteiger partial charge in [-0.05, 0) is 52.7 Å². The maximum atomic E-state index is 5.85. The molecule has 0 aliphatic carbocycles. The molecule has 0 amide bonds. The summed E-state index contributed by atoms with van der Waals surface area (Å²) in [5, 5.41) is 3.47. The minimum absolute atomic E-state index is 0.365. The first-order valence-electron chi connectivity index (χ1n) is 6.84. The lowest BCUT2D eigenvalue weighted by molar-refractivity contribution is 0.475. The number of nitrogens with one attached hydrogen (secondary N) is 1. The lowest BCUT2D eigenvalue weighted by atomic mass is 10.0. The first-order chi connectivity index (χ1) is 9.72. The third-order valence-corrected chi connectivity index (χ3v) is 3.47. The second-order valence-electron chi connectivity index (χ2n) is 4.53. The summed E-state index contributed by atoms with van der Waals surface area (Å²) in [4.78, 5) is 4.10.